The van der Waals surface area contributed by atoms with Crippen molar-refractivity contribution in [2.45, 2.75) is 44.6 Å². The van der Waals surface area contributed by atoms with Crippen LogP contribution in [0.15, 0.2) is 30.3 Å². The number of likely N-dealkylation sites (tertiary alicyclic amines) is 2. The Bertz CT molecular complexity index is 499. The Morgan fingerprint density at radius 1 is 1.08 bits per heavy atom. The summed E-state index contributed by atoms with van der Waals surface area (Å²) >= 11 is 0. The van der Waals surface area contributed by atoms with Crippen molar-refractivity contribution in [3.8, 4) is 0 Å². The largest absolute Gasteiger partial charge is 0.355 e. The van der Waals surface area contributed by atoms with Crippen molar-refractivity contribution >= 4 is 5.91 Å². The molecule has 4 heteroatoms. The third-order valence-electron chi connectivity index (χ3n) is 5.31. The highest BCUT2D eigenvalue weighted by atomic mass is 16.2. The Hall–Kier alpha value is -1.39. The van der Waals surface area contributed by atoms with Gasteiger partial charge in [-0.2, -0.15) is 0 Å². The summed E-state index contributed by atoms with van der Waals surface area (Å²) in [4.78, 5) is 17.2. The lowest BCUT2D eigenvalue weighted by Crippen LogP contribution is -2.49. The minimum Gasteiger partial charge on any atom is -0.355 e. The molecule has 1 unspecified atom stereocenters. The monoisotopic (exact) mass is 329 g/mol. The molecule has 1 aromatic rings. The molecule has 0 aromatic heterocycles. The molecule has 1 amide bonds. The van der Waals surface area contributed by atoms with Crippen LogP contribution in [0.2, 0.25) is 0 Å². The maximum Gasteiger partial charge on any atom is 0.234 e. The van der Waals surface area contributed by atoms with E-state index in [-0.39, 0.29) is 5.91 Å². The van der Waals surface area contributed by atoms with E-state index >= 15 is 0 Å². The molecule has 0 aliphatic carbocycles. The van der Waals surface area contributed by atoms with Crippen LogP contribution in [0.3, 0.4) is 0 Å². The van der Waals surface area contributed by atoms with Crippen LogP contribution in [-0.4, -0.2) is 61.0 Å². The SMILES string of the molecule is O=C(CN1CCCC(N2CCCC2)C1)NCCCc1ccccc1. The van der Waals surface area contributed by atoms with Gasteiger partial charge in [0.25, 0.3) is 0 Å². The van der Waals surface area contributed by atoms with E-state index in [1.807, 2.05) is 6.07 Å². The third kappa shape index (κ3) is 5.32. The van der Waals surface area contributed by atoms with Gasteiger partial charge in [0.2, 0.25) is 5.91 Å². The maximum atomic E-state index is 12.2. The fourth-order valence-corrected chi connectivity index (χ4v) is 4.00. The lowest BCUT2D eigenvalue weighted by atomic mass is 10.0. The first-order valence-electron chi connectivity index (χ1n) is 9.58. The highest BCUT2D eigenvalue weighted by molar-refractivity contribution is 5.78. The van der Waals surface area contributed by atoms with E-state index in [2.05, 4.69) is 39.4 Å². The molecule has 1 N–H and O–H groups in total. The smallest absolute Gasteiger partial charge is 0.234 e. The van der Waals surface area contributed by atoms with Crippen LogP contribution in [0.5, 0.6) is 0 Å². The number of carbonyl (C=O) groups is 1. The molecule has 1 atom stereocenters. The average molecular weight is 329 g/mol. The summed E-state index contributed by atoms with van der Waals surface area (Å²) in [5, 5.41) is 3.09. The fraction of sp³-hybridized carbons (Fsp3) is 0.650. The molecule has 132 valence electrons. The molecule has 2 aliphatic heterocycles. The van der Waals surface area contributed by atoms with Gasteiger partial charge in [-0.05, 0) is 63.7 Å². The molecule has 4 nitrogen and oxygen atoms in total. The normalized spacial score (nSPS) is 22.6. The molecule has 2 saturated heterocycles. The van der Waals surface area contributed by atoms with Gasteiger partial charge in [-0.1, -0.05) is 30.3 Å². The second-order valence-electron chi connectivity index (χ2n) is 7.21. The van der Waals surface area contributed by atoms with Gasteiger partial charge in [0.1, 0.15) is 0 Å². The van der Waals surface area contributed by atoms with Crippen LogP contribution in [0.1, 0.15) is 37.7 Å². The summed E-state index contributed by atoms with van der Waals surface area (Å²) in [6, 6.07) is 11.1. The molecule has 0 saturated carbocycles. The first-order valence-corrected chi connectivity index (χ1v) is 9.58. The topological polar surface area (TPSA) is 35.6 Å². The van der Waals surface area contributed by atoms with E-state index in [0.717, 1.165) is 32.5 Å². The summed E-state index contributed by atoms with van der Waals surface area (Å²) in [5.74, 6) is 0.185. The van der Waals surface area contributed by atoms with Gasteiger partial charge in [-0.3, -0.25) is 14.6 Å². The molecule has 24 heavy (non-hydrogen) atoms. The molecular weight excluding hydrogens is 298 g/mol. The Kier molecular flexibility index (Phi) is 6.67. The van der Waals surface area contributed by atoms with Crippen LogP contribution in [0.25, 0.3) is 0 Å². The number of piperidine rings is 1. The van der Waals surface area contributed by atoms with Crippen LogP contribution >= 0.6 is 0 Å². The molecule has 3 rings (SSSR count). The second kappa shape index (κ2) is 9.19. The Balaban J connectivity index is 1.32. The van der Waals surface area contributed by atoms with Gasteiger partial charge in [0.15, 0.2) is 0 Å². The average Bonchev–Trinajstić information content (AvgIpc) is 3.15. The molecular formula is C20H31N3O. The standard InChI is InChI=1S/C20H31N3O/c24-20(21-12-6-10-18-8-2-1-3-9-18)17-22-13-7-11-19(16-22)23-14-4-5-15-23/h1-3,8-9,19H,4-7,10-17H2,(H,21,24). The highest BCUT2D eigenvalue weighted by Crippen LogP contribution is 2.20. The van der Waals surface area contributed by atoms with Crippen molar-refractivity contribution in [3.05, 3.63) is 35.9 Å². The fourth-order valence-electron chi connectivity index (χ4n) is 4.00. The number of carbonyl (C=O) groups excluding carboxylic acids is 1. The quantitative estimate of drug-likeness (QED) is 0.780. The van der Waals surface area contributed by atoms with E-state index in [0.29, 0.717) is 12.6 Å². The van der Waals surface area contributed by atoms with Gasteiger partial charge in [0, 0.05) is 19.1 Å². The zero-order valence-corrected chi connectivity index (χ0v) is 14.8. The van der Waals surface area contributed by atoms with Crippen LogP contribution in [0.4, 0.5) is 0 Å². The molecule has 2 heterocycles. The van der Waals surface area contributed by atoms with Gasteiger partial charge in [-0.25, -0.2) is 0 Å². The first kappa shape index (κ1) is 17.4. The number of hydrogen-bond donors (Lipinski definition) is 1. The van der Waals surface area contributed by atoms with Crippen LogP contribution < -0.4 is 5.32 Å². The molecule has 2 aliphatic rings. The van der Waals surface area contributed by atoms with Gasteiger partial charge < -0.3 is 5.32 Å². The third-order valence-corrected chi connectivity index (χ3v) is 5.31. The zero-order valence-electron chi connectivity index (χ0n) is 14.8. The summed E-state index contributed by atoms with van der Waals surface area (Å²) in [6.45, 7) is 5.99. The van der Waals surface area contributed by atoms with Crippen LogP contribution in [-0.2, 0) is 11.2 Å². The summed E-state index contributed by atoms with van der Waals surface area (Å²) < 4.78 is 0. The van der Waals surface area contributed by atoms with E-state index in [1.54, 1.807) is 0 Å². The number of amides is 1. The van der Waals surface area contributed by atoms with E-state index in [1.165, 1.54) is 44.3 Å². The van der Waals surface area contributed by atoms with Gasteiger partial charge in [-0.15, -0.1) is 0 Å². The van der Waals surface area contributed by atoms with E-state index in [4.69, 9.17) is 0 Å². The van der Waals surface area contributed by atoms with Crippen molar-refractivity contribution in [1.29, 1.82) is 0 Å². The van der Waals surface area contributed by atoms with Crippen molar-refractivity contribution in [1.82, 2.24) is 15.1 Å². The molecule has 1 aromatic carbocycles. The van der Waals surface area contributed by atoms with Crippen molar-refractivity contribution in [2.75, 3.05) is 39.3 Å². The predicted molar refractivity (Wildman–Crippen MR) is 98.0 cm³/mol. The molecule has 0 spiro atoms. The summed E-state index contributed by atoms with van der Waals surface area (Å²) in [6.07, 6.45) is 7.25. The minimum atomic E-state index is 0.185. The molecule has 2 fully saturated rings. The molecule has 0 bridgehead atoms. The number of hydrogen-bond acceptors (Lipinski definition) is 3. The number of aryl methyl sites for hydroxylation is 1. The lowest BCUT2D eigenvalue weighted by Gasteiger charge is -2.37. The first-order chi connectivity index (χ1) is 11.8. The predicted octanol–water partition coefficient (Wildman–Crippen LogP) is 2.30. The summed E-state index contributed by atoms with van der Waals surface area (Å²) in [5.41, 5.74) is 1.34. The highest BCUT2D eigenvalue weighted by Gasteiger charge is 2.27. The Labute approximate surface area is 146 Å². The Morgan fingerprint density at radius 3 is 2.67 bits per heavy atom. The second-order valence-corrected chi connectivity index (χ2v) is 7.21. The zero-order chi connectivity index (χ0) is 16.6. The van der Waals surface area contributed by atoms with Crippen LogP contribution in [0, 0.1) is 0 Å². The van der Waals surface area contributed by atoms with E-state index < -0.39 is 0 Å². The van der Waals surface area contributed by atoms with Gasteiger partial charge in [0.05, 0.1) is 6.54 Å². The minimum absolute atomic E-state index is 0.185. The maximum absolute atomic E-state index is 12.2. The van der Waals surface area contributed by atoms with Crippen molar-refractivity contribution in [2.24, 2.45) is 0 Å². The van der Waals surface area contributed by atoms with Crippen molar-refractivity contribution in [3.63, 3.8) is 0 Å². The number of nitrogens with zero attached hydrogens (tertiary/aromatic N) is 2. The summed E-state index contributed by atoms with van der Waals surface area (Å²) in [7, 11) is 0. The number of nitrogens with one attached hydrogen (secondary N) is 1. The van der Waals surface area contributed by atoms with Gasteiger partial charge >= 0.3 is 0 Å². The molecule has 0 radical (unpaired) electrons. The van der Waals surface area contributed by atoms with E-state index in [9.17, 15) is 4.79 Å². The lowest BCUT2D eigenvalue weighted by molar-refractivity contribution is -0.122. The number of rotatable bonds is 7. The Morgan fingerprint density at radius 2 is 1.88 bits per heavy atom. The van der Waals surface area contributed by atoms with Crippen molar-refractivity contribution < 1.29 is 4.79 Å². The number of benzene rings is 1.